The van der Waals surface area contributed by atoms with Crippen LogP contribution in [0.5, 0.6) is 0 Å². The van der Waals surface area contributed by atoms with Crippen molar-refractivity contribution in [1.29, 1.82) is 0 Å². The molecule has 2 amide bonds. The fraction of sp³-hybridized carbons (Fsp3) is 0.909. The number of rotatable bonds is 2. The van der Waals surface area contributed by atoms with E-state index >= 15 is 0 Å². The van der Waals surface area contributed by atoms with E-state index in [4.69, 9.17) is 0 Å². The Balaban J connectivity index is 2.30. The zero-order chi connectivity index (χ0) is 10.6. The maximum atomic E-state index is 11.6. The molecule has 1 fully saturated rings. The Bertz CT molecular complexity index is 184. The molecule has 0 aromatic heterocycles. The fourth-order valence-electron chi connectivity index (χ4n) is 1.88. The summed E-state index contributed by atoms with van der Waals surface area (Å²) in [7, 11) is 0. The van der Waals surface area contributed by atoms with Gasteiger partial charge in [-0.15, -0.1) is 0 Å². The molecule has 0 saturated carbocycles. The number of hydrogen-bond acceptors (Lipinski definition) is 1. The van der Waals surface area contributed by atoms with E-state index in [1.807, 2.05) is 18.7 Å². The lowest BCUT2D eigenvalue weighted by atomic mass is 9.95. The van der Waals surface area contributed by atoms with Crippen LogP contribution in [0.3, 0.4) is 0 Å². The zero-order valence-corrected chi connectivity index (χ0v) is 9.55. The maximum absolute atomic E-state index is 11.6. The first-order valence-corrected chi connectivity index (χ1v) is 5.69. The first-order chi connectivity index (χ1) is 6.63. The van der Waals surface area contributed by atoms with E-state index in [-0.39, 0.29) is 12.1 Å². The highest BCUT2D eigenvalue weighted by Crippen LogP contribution is 2.19. The van der Waals surface area contributed by atoms with Crippen molar-refractivity contribution in [3.8, 4) is 0 Å². The Morgan fingerprint density at radius 3 is 2.43 bits per heavy atom. The Kier molecular flexibility index (Phi) is 4.23. The molecule has 0 aliphatic carbocycles. The molecule has 1 aliphatic heterocycles. The van der Waals surface area contributed by atoms with Crippen LogP contribution in [0.2, 0.25) is 0 Å². The minimum absolute atomic E-state index is 0.106. The summed E-state index contributed by atoms with van der Waals surface area (Å²) in [4.78, 5) is 13.6. The van der Waals surface area contributed by atoms with Crippen LogP contribution in [0.15, 0.2) is 0 Å². The van der Waals surface area contributed by atoms with Gasteiger partial charge in [0.15, 0.2) is 0 Å². The van der Waals surface area contributed by atoms with E-state index in [9.17, 15) is 4.79 Å². The summed E-state index contributed by atoms with van der Waals surface area (Å²) in [6, 6.07) is 0.348. The average Bonchev–Trinajstić information content (AvgIpc) is 2.17. The lowest BCUT2D eigenvalue weighted by Gasteiger charge is -2.32. The Hall–Kier alpha value is -0.730. The van der Waals surface area contributed by atoms with Crippen molar-refractivity contribution in [3.63, 3.8) is 0 Å². The third-order valence-corrected chi connectivity index (χ3v) is 2.89. The van der Waals surface area contributed by atoms with Crippen molar-refractivity contribution < 1.29 is 4.79 Å². The quantitative estimate of drug-likeness (QED) is 0.725. The lowest BCUT2D eigenvalue weighted by molar-refractivity contribution is 0.167. The van der Waals surface area contributed by atoms with Gasteiger partial charge in [0.05, 0.1) is 0 Å². The van der Waals surface area contributed by atoms with Crippen LogP contribution in [0.4, 0.5) is 4.79 Å². The molecule has 3 heteroatoms. The predicted molar refractivity (Wildman–Crippen MR) is 58.3 cm³/mol. The van der Waals surface area contributed by atoms with Gasteiger partial charge in [-0.25, -0.2) is 4.79 Å². The van der Waals surface area contributed by atoms with E-state index in [0.29, 0.717) is 0 Å². The molecule has 82 valence electrons. The minimum atomic E-state index is 0.106. The number of carbonyl (C=O) groups is 1. The second-order valence-electron chi connectivity index (χ2n) is 4.44. The van der Waals surface area contributed by atoms with Crippen molar-refractivity contribution >= 4 is 6.03 Å². The number of carbonyl (C=O) groups excluding carboxylic acids is 1. The SMILES string of the molecule is CCC1CCN(C(=O)NC(C)C)CC1. The molecule has 1 saturated heterocycles. The van der Waals surface area contributed by atoms with Crippen LogP contribution >= 0.6 is 0 Å². The van der Waals surface area contributed by atoms with E-state index in [1.54, 1.807) is 0 Å². The van der Waals surface area contributed by atoms with Gasteiger partial charge < -0.3 is 10.2 Å². The molecular formula is C11H22N2O. The first-order valence-electron chi connectivity index (χ1n) is 5.69. The summed E-state index contributed by atoms with van der Waals surface area (Å²) in [5.74, 6) is 0.832. The zero-order valence-electron chi connectivity index (χ0n) is 9.55. The number of nitrogens with zero attached hydrogens (tertiary/aromatic N) is 1. The number of likely N-dealkylation sites (tertiary alicyclic amines) is 1. The van der Waals surface area contributed by atoms with Gasteiger partial charge in [-0.3, -0.25) is 0 Å². The molecule has 14 heavy (non-hydrogen) atoms. The van der Waals surface area contributed by atoms with Gasteiger partial charge in [-0.1, -0.05) is 13.3 Å². The molecule has 0 aromatic carbocycles. The van der Waals surface area contributed by atoms with Crippen LogP contribution in [-0.4, -0.2) is 30.1 Å². The van der Waals surface area contributed by atoms with Gasteiger partial charge >= 0.3 is 6.03 Å². The Morgan fingerprint density at radius 1 is 1.43 bits per heavy atom. The van der Waals surface area contributed by atoms with Crippen molar-refractivity contribution in [1.82, 2.24) is 10.2 Å². The average molecular weight is 198 g/mol. The Morgan fingerprint density at radius 2 is 2.00 bits per heavy atom. The topological polar surface area (TPSA) is 32.3 Å². The highest BCUT2D eigenvalue weighted by atomic mass is 16.2. The van der Waals surface area contributed by atoms with Crippen LogP contribution in [0.1, 0.15) is 40.0 Å². The monoisotopic (exact) mass is 198 g/mol. The smallest absolute Gasteiger partial charge is 0.317 e. The summed E-state index contributed by atoms with van der Waals surface area (Å²) in [5, 5.41) is 2.93. The second kappa shape index (κ2) is 5.23. The van der Waals surface area contributed by atoms with Crippen molar-refractivity contribution in [2.45, 2.75) is 46.1 Å². The number of urea groups is 1. The van der Waals surface area contributed by atoms with Crippen molar-refractivity contribution in [2.24, 2.45) is 5.92 Å². The number of hydrogen-bond donors (Lipinski definition) is 1. The van der Waals surface area contributed by atoms with Gasteiger partial charge in [0.2, 0.25) is 0 Å². The molecule has 0 atom stereocenters. The van der Waals surface area contributed by atoms with Crippen LogP contribution < -0.4 is 5.32 Å². The van der Waals surface area contributed by atoms with Crippen molar-refractivity contribution in [3.05, 3.63) is 0 Å². The second-order valence-corrected chi connectivity index (χ2v) is 4.44. The highest BCUT2D eigenvalue weighted by Gasteiger charge is 2.21. The normalized spacial score (nSPS) is 18.7. The highest BCUT2D eigenvalue weighted by molar-refractivity contribution is 5.74. The molecule has 1 rings (SSSR count). The standard InChI is InChI=1S/C11H22N2O/c1-4-10-5-7-13(8-6-10)11(14)12-9(2)3/h9-10H,4-8H2,1-3H3,(H,12,14). The van der Waals surface area contributed by atoms with Gasteiger partial charge in [0, 0.05) is 19.1 Å². The summed E-state index contributed by atoms with van der Waals surface area (Å²) >= 11 is 0. The van der Waals surface area contributed by atoms with Crippen molar-refractivity contribution in [2.75, 3.05) is 13.1 Å². The fourth-order valence-corrected chi connectivity index (χ4v) is 1.88. The Labute approximate surface area is 86.9 Å². The third-order valence-electron chi connectivity index (χ3n) is 2.89. The van der Waals surface area contributed by atoms with Crippen LogP contribution in [0.25, 0.3) is 0 Å². The number of nitrogens with one attached hydrogen (secondary N) is 1. The van der Waals surface area contributed by atoms with E-state index in [0.717, 1.165) is 19.0 Å². The van der Waals surface area contributed by atoms with E-state index in [1.165, 1.54) is 19.3 Å². The molecule has 0 aromatic rings. The van der Waals surface area contributed by atoms with Gasteiger partial charge in [-0.05, 0) is 32.6 Å². The van der Waals surface area contributed by atoms with E-state index < -0.39 is 0 Å². The molecule has 1 N–H and O–H groups in total. The first kappa shape index (κ1) is 11.3. The van der Waals surface area contributed by atoms with Crippen LogP contribution in [-0.2, 0) is 0 Å². The minimum Gasteiger partial charge on any atom is -0.336 e. The molecule has 3 nitrogen and oxygen atoms in total. The molecule has 0 unspecified atom stereocenters. The summed E-state index contributed by atoms with van der Waals surface area (Å²) in [6.45, 7) is 8.08. The van der Waals surface area contributed by atoms with E-state index in [2.05, 4.69) is 12.2 Å². The predicted octanol–water partition coefficient (Wildman–Crippen LogP) is 2.23. The largest absolute Gasteiger partial charge is 0.336 e. The van der Waals surface area contributed by atoms with Gasteiger partial charge in [0.25, 0.3) is 0 Å². The number of piperidine rings is 1. The summed E-state index contributed by atoms with van der Waals surface area (Å²) in [6.07, 6.45) is 3.59. The molecular weight excluding hydrogens is 176 g/mol. The number of amides is 2. The summed E-state index contributed by atoms with van der Waals surface area (Å²) in [5.41, 5.74) is 0. The maximum Gasteiger partial charge on any atom is 0.317 e. The third kappa shape index (κ3) is 3.20. The summed E-state index contributed by atoms with van der Waals surface area (Å²) < 4.78 is 0. The molecule has 1 heterocycles. The van der Waals surface area contributed by atoms with Crippen LogP contribution in [0, 0.1) is 5.92 Å². The van der Waals surface area contributed by atoms with Gasteiger partial charge in [0.1, 0.15) is 0 Å². The molecule has 1 aliphatic rings. The lowest BCUT2D eigenvalue weighted by Crippen LogP contribution is -2.46. The molecule has 0 radical (unpaired) electrons. The molecule has 0 bridgehead atoms. The van der Waals surface area contributed by atoms with Gasteiger partial charge in [-0.2, -0.15) is 0 Å². The molecule has 0 spiro atoms.